The third-order valence-corrected chi connectivity index (χ3v) is 5.07. The second-order valence-corrected chi connectivity index (χ2v) is 7.80. The number of urea groups is 1. The van der Waals surface area contributed by atoms with Crippen molar-refractivity contribution in [1.29, 1.82) is 0 Å². The van der Waals surface area contributed by atoms with Crippen LogP contribution in [0.3, 0.4) is 0 Å². The van der Waals surface area contributed by atoms with Crippen molar-refractivity contribution in [2.75, 3.05) is 32.1 Å². The summed E-state index contributed by atoms with van der Waals surface area (Å²) in [4.78, 5) is 18.2. The van der Waals surface area contributed by atoms with Gasteiger partial charge < -0.3 is 9.64 Å². The van der Waals surface area contributed by atoms with Crippen LogP contribution in [0, 0.1) is 0 Å². The van der Waals surface area contributed by atoms with Crippen molar-refractivity contribution in [3.63, 3.8) is 0 Å². The highest BCUT2D eigenvalue weighted by Crippen LogP contribution is 2.31. The van der Waals surface area contributed by atoms with E-state index in [1.165, 1.54) is 0 Å². The summed E-state index contributed by atoms with van der Waals surface area (Å²) >= 11 is 0. The number of nitrogens with two attached hydrogens (primary N) is 1. The second-order valence-electron chi connectivity index (χ2n) is 6.42. The van der Waals surface area contributed by atoms with E-state index < -0.39 is 10.2 Å². The van der Waals surface area contributed by atoms with Crippen LogP contribution in [0.1, 0.15) is 11.1 Å². The summed E-state index contributed by atoms with van der Waals surface area (Å²) in [6.45, 7) is 1.64. The third kappa shape index (κ3) is 6.12. The van der Waals surface area contributed by atoms with Gasteiger partial charge in [-0.25, -0.2) is 19.6 Å². The lowest BCUT2D eigenvalue weighted by molar-refractivity contribution is 0.151. The van der Waals surface area contributed by atoms with Crippen LogP contribution >= 0.6 is 12.4 Å². The zero-order valence-corrected chi connectivity index (χ0v) is 17.6. The molecule has 0 saturated carbocycles. The number of carbonyl (C=O) groups is 1. The van der Waals surface area contributed by atoms with Gasteiger partial charge in [0.2, 0.25) is 0 Å². The smallest absolute Gasteiger partial charge is 0.323 e. The first-order chi connectivity index (χ1) is 13.4. The third-order valence-electron chi connectivity index (χ3n) is 4.46. The molecule has 0 fully saturated rings. The number of rotatable bonds is 8. The number of aromatic nitrogens is 1. The molecule has 11 heteroatoms. The molecule has 4 N–H and O–H groups in total. The molecule has 9 nitrogen and oxygen atoms in total. The molecule has 0 unspecified atom stereocenters. The molecule has 2 amide bonds. The van der Waals surface area contributed by atoms with Crippen molar-refractivity contribution in [3.05, 3.63) is 47.7 Å². The zero-order valence-electron chi connectivity index (χ0n) is 15.9. The number of carbonyl (C=O) groups excluding carboxylic acids is 1. The number of halogens is 1. The van der Waals surface area contributed by atoms with E-state index in [0.29, 0.717) is 31.9 Å². The van der Waals surface area contributed by atoms with Gasteiger partial charge in [0.25, 0.3) is 10.2 Å². The highest BCUT2D eigenvalue weighted by molar-refractivity contribution is 7.87. The molecule has 2 heterocycles. The molecule has 0 saturated heterocycles. The van der Waals surface area contributed by atoms with Gasteiger partial charge in [0.1, 0.15) is 5.82 Å². The fourth-order valence-electron chi connectivity index (χ4n) is 3.04. The molecular formula is C18H24ClN5O4S. The van der Waals surface area contributed by atoms with E-state index in [1.807, 2.05) is 30.3 Å². The maximum atomic E-state index is 12.2. The standard InChI is InChI=1S/C18H23N5O4S.ClH/c1-27-11-10-23-12-16-15(7-8-20-17(16)22-18(23)24)14-4-2-13(3-5-14)6-9-21-28(19,25)26;/h2-5,7-8,21H,6,9-12H2,1H3,(H2,19,25,26)(H,20,22,24);1H. The summed E-state index contributed by atoms with van der Waals surface area (Å²) in [7, 11) is -2.08. The molecule has 0 bridgehead atoms. The first-order valence-corrected chi connectivity index (χ1v) is 10.3. The van der Waals surface area contributed by atoms with Gasteiger partial charge in [-0.1, -0.05) is 24.3 Å². The summed E-state index contributed by atoms with van der Waals surface area (Å²) in [6.07, 6.45) is 2.20. The number of fused-ring (bicyclic) bond motifs is 1. The highest BCUT2D eigenvalue weighted by Gasteiger charge is 2.25. The molecular weight excluding hydrogens is 418 g/mol. The van der Waals surface area contributed by atoms with Crippen LogP contribution in [0.15, 0.2) is 36.5 Å². The van der Waals surface area contributed by atoms with E-state index in [4.69, 9.17) is 9.88 Å². The van der Waals surface area contributed by atoms with Gasteiger partial charge in [0.15, 0.2) is 0 Å². The van der Waals surface area contributed by atoms with Crippen LogP contribution < -0.4 is 15.2 Å². The molecule has 3 rings (SSSR count). The fraction of sp³-hybridized carbons (Fsp3) is 0.333. The predicted octanol–water partition coefficient (Wildman–Crippen LogP) is 1.50. The predicted molar refractivity (Wildman–Crippen MR) is 113 cm³/mol. The minimum atomic E-state index is -3.68. The molecule has 1 aromatic carbocycles. The van der Waals surface area contributed by atoms with Crippen LogP contribution in [0.2, 0.25) is 0 Å². The molecule has 1 aromatic heterocycles. The number of benzene rings is 1. The molecule has 0 aliphatic carbocycles. The minimum absolute atomic E-state index is 0. The Balaban J connectivity index is 0.00000300. The number of hydrogen-bond donors (Lipinski definition) is 3. The van der Waals surface area contributed by atoms with E-state index in [2.05, 4.69) is 15.0 Å². The van der Waals surface area contributed by atoms with Gasteiger partial charge in [-0.2, -0.15) is 8.42 Å². The van der Waals surface area contributed by atoms with Gasteiger partial charge >= 0.3 is 6.03 Å². The van der Waals surface area contributed by atoms with Gasteiger partial charge in [-0.3, -0.25) is 5.32 Å². The Morgan fingerprint density at radius 3 is 2.66 bits per heavy atom. The number of nitrogens with one attached hydrogen (secondary N) is 2. The van der Waals surface area contributed by atoms with E-state index >= 15 is 0 Å². The van der Waals surface area contributed by atoms with Gasteiger partial charge in [-0.15, -0.1) is 12.4 Å². The van der Waals surface area contributed by atoms with Crippen molar-refractivity contribution in [1.82, 2.24) is 14.6 Å². The average molecular weight is 442 g/mol. The van der Waals surface area contributed by atoms with Gasteiger partial charge in [-0.05, 0) is 29.2 Å². The molecule has 0 radical (unpaired) electrons. The topological polar surface area (TPSA) is 127 Å². The summed E-state index contributed by atoms with van der Waals surface area (Å²) in [5.74, 6) is 0.567. The van der Waals surface area contributed by atoms with Gasteiger partial charge in [0, 0.05) is 32.0 Å². The molecule has 0 atom stereocenters. The van der Waals surface area contributed by atoms with E-state index in [1.54, 1.807) is 18.2 Å². The Bertz CT molecular complexity index is 953. The van der Waals surface area contributed by atoms with Crippen molar-refractivity contribution in [2.24, 2.45) is 5.14 Å². The Morgan fingerprint density at radius 1 is 1.28 bits per heavy atom. The molecule has 1 aliphatic rings. The molecule has 29 heavy (non-hydrogen) atoms. The highest BCUT2D eigenvalue weighted by atomic mass is 35.5. The van der Waals surface area contributed by atoms with Crippen molar-refractivity contribution < 1.29 is 17.9 Å². The quantitative estimate of drug-likeness (QED) is 0.572. The largest absolute Gasteiger partial charge is 0.383 e. The number of methoxy groups -OCH3 is 1. The molecule has 2 aromatic rings. The van der Waals surface area contributed by atoms with Crippen LogP contribution in [0.25, 0.3) is 11.1 Å². The zero-order chi connectivity index (χ0) is 20.1. The molecule has 0 spiro atoms. The Morgan fingerprint density at radius 2 is 2.00 bits per heavy atom. The summed E-state index contributed by atoms with van der Waals surface area (Å²) in [6, 6.07) is 9.55. The number of ether oxygens (including phenoxy) is 1. The first-order valence-electron chi connectivity index (χ1n) is 8.77. The number of hydrogen-bond acceptors (Lipinski definition) is 5. The fourth-order valence-corrected chi connectivity index (χ4v) is 3.43. The lowest BCUT2D eigenvalue weighted by Crippen LogP contribution is -2.41. The van der Waals surface area contributed by atoms with E-state index in [-0.39, 0.29) is 25.0 Å². The number of anilines is 1. The normalized spacial score (nSPS) is 13.4. The maximum absolute atomic E-state index is 12.2. The Kier molecular flexibility index (Phi) is 7.94. The number of amides is 2. The second kappa shape index (κ2) is 9.99. The summed E-state index contributed by atoms with van der Waals surface area (Å²) in [5.41, 5.74) is 3.91. The van der Waals surface area contributed by atoms with Crippen molar-refractivity contribution in [3.8, 4) is 11.1 Å². The lowest BCUT2D eigenvalue weighted by atomic mass is 9.98. The summed E-state index contributed by atoms with van der Waals surface area (Å²) < 4.78 is 29.2. The SMILES string of the molecule is COCCN1Cc2c(-c3ccc(CCNS(N)(=O)=O)cc3)ccnc2NC1=O.Cl. The molecule has 158 valence electrons. The average Bonchev–Trinajstić information content (AvgIpc) is 2.65. The number of nitrogens with zero attached hydrogens (tertiary/aromatic N) is 2. The Labute approximate surface area is 176 Å². The number of pyridine rings is 1. The van der Waals surface area contributed by atoms with Crippen molar-refractivity contribution >= 4 is 34.5 Å². The first kappa shape index (κ1) is 23.0. The van der Waals surface area contributed by atoms with Gasteiger partial charge in [0.05, 0.1) is 13.2 Å². The van der Waals surface area contributed by atoms with Crippen LogP contribution in [-0.2, 0) is 27.9 Å². The van der Waals surface area contributed by atoms with Crippen LogP contribution in [-0.4, -0.2) is 51.1 Å². The van der Waals surface area contributed by atoms with Crippen molar-refractivity contribution in [2.45, 2.75) is 13.0 Å². The monoisotopic (exact) mass is 441 g/mol. The van der Waals surface area contributed by atoms with E-state index in [0.717, 1.165) is 22.3 Å². The van der Waals surface area contributed by atoms with Crippen LogP contribution in [0.4, 0.5) is 10.6 Å². The van der Waals surface area contributed by atoms with Crippen LogP contribution in [0.5, 0.6) is 0 Å². The maximum Gasteiger partial charge on any atom is 0.323 e. The molecule has 1 aliphatic heterocycles. The van der Waals surface area contributed by atoms with E-state index in [9.17, 15) is 13.2 Å². The summed E-state index contributed by atoms with van der Waals surface area (Å²) in [5, 5.41) is 7.76. The minimum Gasteiger partial charge on any atom is -0.383 e. The lowest BCUT2D eigenvalue weighted by Gasteiger charge is -2.29. The Hall–Kier alpha value is -2.24.